The number of aliphatic hydroxyl groups is 1. The van der Waals surface area contributed by atoms with E-state index in [1.54, 1.807) is 0 Å². The summed E-state index contributed by atoms with van der Waals surface area (Å²) in [6, 6.07) is 9.41. The molecular weight excluding hydrogens is 356 g/mol. The van der Waals surface area contributed by atoms with Crippen LogP contribution in [0.3, 0.4) is 0 Å². The lowest BCUT2D eigenvalue weighted by atomic mass is 10.0. The van der Waals surface area contributed by atoms with Crippen molar-refractivity contribution in [1.82, 2.24) is 5.01 Å². The number of aromatic hydroxyl groups is 1. The zero-order valence-electron chi connectivity index (χ0n) is 13.0. The van der Waals surface area contributed by atoms with Crippen LogP contribution < -0.4 is 0 Å². The monoisotopic (exact) mass is 368 g/mol. The van der Waals surface area contributed by atoms with Crippen LogP contribution in [0.15, 0.2) is 53.6 Å². The Morgan fingerprint density at radius 3 is 2.31 bits per heavy atom. The van der Waals surface area contributed by atoms with Crippen LogP contribution in [0.25, 0.3) is 0 Å². The van der Waals surface area contributed by atoms with Crippen LogP contribution in [-0.2, 0) is 0 Å². The van der Waals surface area contributed by atoms with E-state index in [-0.39, 0.29) is 16.3 Å². The van der Waals surface area contributed by atoms with Crippen LogP contribution in [0.4, 0.5) is 17.6 Å². The van der Waals surface area contributed by atoms with Gasteiger partial charge in [0.15, 0.2) is 0 Å². The number of carbonyl (C=O) groups excluding carboxylic acids is 1. The summed E-state index contributed by atoms with van der Waals surface area (Å²) in [6.07, 6.45) is -6.24. The summed E-state index contributed by atoms with van der Waals surface area (Å²) < 4.78 is 53.5. The van der Waals surface area contributed by atoms with Gasteiger partial charge in [0.25, 0.3) is 11.6 Å². The van der Waals surface area contributed by atoms with Gasteiger partial charge in [0.2, 0.25) is 0 Å². The van der Waals surface area contributed by atoms with Crippen molar-refractivity contribution in [3.63, 3.8) is 0 Å². The fourth-order valence-electron chi connectivity index (χ4n) is 2.55. The highest BCUT2D eigenvalue weighted by Crippen LogP contribution is 2.42. The Kier molecular flexibility index (Phi) is 4.19. The average Bonchev–Trinajstić information content (AvgIpc) is 2.94. The van der Waals surface area contributed by atoms with Crippen molar-refractivity contribution in [2.24, 2.45) is 5.10 Å². The molecule has 0 radical (unpaired) electrons. The van der Waals surface area contributed by atoms with Crippen molar-refractivity contribution in [3.05, 3.63) is 65.5 Å². The summed E-state index contributed by atoms with van der Waals surface area (Å²) in [4.78, 5) is 12.5. The summed E-state index contributed by atoms with van der Waals surface area (Å²) in [5, 5.41) is 23.5. The zero-order valence-corrected chi connectivity index (χ0v) is 13.0. The minimum absolute atomic E-state index is 0.0965. The standard InChI is InChI=1S/C17H12F4N2O3/c18-11-7-5-10(6-8-11)13-9-16(26,17(19,20)21)23(22-13)15(25)12-3-1-2-4-14(12)24/h1-8,24,26H,9H2. The molecule has 3 rings (SSSR count). The summed E-state index contributed by atoms with van der Waals surface area (Å²) in [5.41, 5.74) is -4.15. The van der Waals surface area contributed by atoms with Crippen molar-refractivity contribution >= 4 is 11.6 Å². The summed E-state index contributed by atoms with van der Waals surface area (Å²) in [6.45, 7) is 0. The minimum Gasteiger partial charge on any atom is -0.507 e. The molecule has 0 aliphatic carbocycles. The molecule has 2 aromatic rings. The maximum atomic E-state index is 13.5. The summed E-state index contributed by atoms with van der Waals surface area (Å²) in [5.74, 6) is -2.46. The van der Waals surface area contributed by atoms with E-state index < -0.39 is 41.4 Å². The van der Waals surface area contributed by atoms with E-state index in [1.165, 1.54) is 24.3 Å². The molecule has 5 nitrogen and oxygen atoms in total. The van der Waals surface area contributed by atoms with Crippen molar-refractivity contribution in [2.75, 3.05) is 0 Å². The second-order valence-electron chi connectivity index (χ2n) is 5.68. The Hall–Kier alpha value is -2.94. The van der Waals surface area contributed by atoms with Gasteiger partial charge in [-0.15, -0.1) is 0 Å². The van der Waals surface area contributed by atoms with E-state index in [1.807, 2.05) is 0 Å². The van der Waals surface area contributed by atoms with Crippen LogP contribution in [0.2, 0.25) is 0 Å². The quantitative estimate of drug-likeness (QED) is 0.801. The van der Waals surface area contributed by atoms with Gasteiger partial charge in [-0.3, -0.25) is 4.79 Å². The second kappa shape index (κ2) is 6.10. The fourth-order valence-corrected chi connectivity index (χ4v) is 2.55. The predicted octanol–water partition coefficient (Wildman–Crippen LogP) is 3.03. The van der Waals surface area contributed by atoms with Gasteiger partial charge in [-0.05, 0) is 29.8 Å². The lowest BCUT2D eigenvalue weighted by Gasteiger charge is -2.32. The van der Waals surface area contributed by atoms with Gasteiger partial charge in [0.1, 0.15) is 11.6 Å². The summed E-state index contributed by atoms with van der Waals surface area (Å²) in [7, 11) is 0. The molecule has 9 heteroatoms. The molecule has 1 amide bonds. The molecule has 1 unspecified atom stereocenters. The van der Waals surface area contributed by atoms with E-state index in [0.29, 0.717) is 0 Å². The second-order valence-corrected chi connectivity index (χ2v) is 5.68. The molecule has 0 fully saturated rings. The first-order valence-electron chi connectivity index (χ1n) is 7.38. The number of carbonyl (C=O) groups is 1. The molecule has 0 saturated carbocycles. The van der Waals surface area contributed by atoms with E-state index in [2.05, 4.69) is 5.10 Å². The normalized spacial score (nSPS) is 20.2. The molecule has 0 bridgehead atoms. The molecule has 0 spiro atoms. The molecule has 1 aliphatic heterocycles. The Balaban J connectivity index is 2.07. The highest BCUT2D eigenvalue weighted by atomic mass is 19.4. The molecule has 2 aromatic carbocycles. The smallest absolute Gasteiger partial charge is 0.438 e. The maximum Gasteiger partial charge on any atom is 0.438 e. The number of halogens is 4. The van der Waals surface area contributed by atoms with Gasteiger partial charge in [-0.2, -0.15) is 23.3 Å². The zero-order chi connectivity index (χ0) is 19.1. The molecule has 1 aliphatic rings. The highest BCUT2D eigenvalue weighted by Gasteiger charge is 2.63. The Bertz CT molecular complexity index is 880. The first-order valence-corrected chi connectivity index (χ1v) is 7.38. The number of para-hydroxylation sites is 1. The molecule has 2 N–H and O–H groups in total. The number of hydrogen-bond acceptors (Lipinski definition) is 4. The third-order valence-corrected chi connectivity index (χ3v) is 3.94. The van der Waals surface area contributed by atoms with E-state index in [4.69, 9.17) is 0 Å². The van der Waals surface area contributed by atoms with Crippen molar-refractivity contribution < 1.29 is 32.6 Å². The number of hydrogen-bond donors (Lipinski definition) is 2. The first kappa shape index (κ1) is 17.9. The van der Waals surface area contributed by atoms with Gasteiger partial charge in [-0.1, -0.05) is 24.3 Å². The largest absolute Gasteiger partial charge is 0.507 e. The Labute approximate surface area is 144 Å². The van der Waals surface area contributed by atoms with Crippen LogP contribution in [0.1, 0.15) is 22.3 Å². The number of amides is 1. The maximum absolute atomic E-state index is 13.5. The third-order valence-electron chi connectivity index (χ3n) is 3.94. The molecule has 1 heterocycles. The van der Waals surface area contributed by atoms with Crippen LogP contribution in [0.5, 0.6) is 5.75 Å². The SMILES string of the molecule is O=C(c1ccccc1O)N1N=C(c2ccc(F)cc2)CC1(O)C(F)(F)F. The van der Waals surface area contributed by atoms with E-state index >= 15 is 0 Å². The first-order chi connectivity index (χ1) is 12.1. The van der Waals surface area contributed by atoms with Gasteiger partial charge >= 0.3 is 6.18 Å². The van der Waals surface area contributed by atoms with Crippen LogP contribution >= 0.6 is 0 Å². The molecule has 1 atom stereocenters. The number of hydrazone groups is 1. The van der Waals surface area contributed by atoms with E-state index in [0.717, 1.165) is 24.3 Å². The van der Waals surface area contributed by atoms with Crippen molar-refractivity contribution in [2.45, 2.75) is 18.3 Å². The number of phenolic OH excluding ortho intramolecular Hbond substituents is 1. The van der Waals surface area contributed by atoms with Gasteiger partial charge < -0.3 is 10.2 Å². The molecule has 0 saturated heterocycles. The van der Waals surface area contributed by atoms with Gasteiger partial charge in [0.05, 0.1) is 17.7 Å². The lowest BCUT2D eigenvalue weighted by Crippen LogP contribution is -2.56. The molecule has 26 heavy (non-hydrogen) atoms. The average molecular weight is 368 g/mol. The fraction of sp³-hybridized carbons (Fsp3) is 0.176. The number of alkyl halides is 3. The topological polar surface area (TPSA) is 73.1 Å². The number of phenols is 1. The molecule has 0 aromatic heterocycles. The number of rotatable bonds is 2. The van der Waals surface area contributed by atoms with Crippen molar-refractivity contribution in [3.8, 4) is 5.75 Å². The van der Waals surface area contributed by atoms with Gasteiger partial charge in [-0.25, -0.2) is 4.39 Å². The molecular formula is C17H12F4N2O3. The third kappa shape index (κ3) is 2.90. The van der Waals surface area contributed by atoms with Crippen molar-refractivity contribution in [1.29, 1.82) is 0 Å². The summed E-state index contributed by atoms with van der Waals surface area (Å²) >= 11 is 0. The number of nitrogens with zero attached hydrogens (tertiary/aromatic N) is 2. The van der Waals surface area contributed by atoms with Crippen LogP contribution in [0, 0.1) is 5.82 Å². The minimum atomic E-state index is -5.21. The predicted molar refractivity (Wildman–Crippen MR) is 82.8 cm³/mol. The molecule has 136 valence electrons. The van der Waals surface area contributed by atoms with Gasteiger partial charge in [0, 0.05) is 0 Å². The highest BCUT2D eigenvalue weighted by molar-refractivity contribution is 6.06. The Morgan fingerprint density at radius 1 is 1.12 bits per heavy atom. The van der Waals surface area contributed by atoms with Crippen LogP contribution in [-0.4, -0.2) is 38.7 Å². The number of benzene rings is 2. The van der Waals surface area contributed by atoms with E-state index in [9.17, 15) is 32.6 Å². The Morgan fingerprint density at radius 2 is 1.73 bits per heavy atom. The lowest BCUT2D eigenvalue weighted by molar-refractivity contribution is -0.297.